The molecule has 0 fully saturated rings. The standard InChI is InChI=1S/C6H6N2O.C2H3.K/c7-6(9)5-2-1-3-8-4-5;1-2;/h1-4H,(H2,7,9);1H,2H2;/q;-1;+1. The van der Waals surface area contributed by atoms with Crippen molar-refractivity contribution in [3.63, 3.8) is 0 Å². The molecule has 0 unspecified atom stereocenters. The first kappa shape index (κ1) is 14.5. The summed E-state index contributed by atoms with van der Waals surface area (Å²) in [6.07, 6.45) is 3.02. The second-order valence-electron chi connectivity index (χ2n) is 1.61. The van der Waals surface area contributed by atoms with Crippen molar-refractivity contribution in [2.45, 2.75) is 0 Å². The Kier molecular flexibility index (Phi) is 11.0. The third-order valence-electron chi connectivity index (χ3n) is 0.946. The van der Waals surface area contributed by atoms with Crippen molar-refractivity contribution < 1.29 is 56.2 Å². The van der Waals surface area contributed by atoms with Gasteiger partial charge in [-0.1, -0.05) is 0 Å². The molecule has 1 aromatic rings. The Hall–Kier alpha value is -0.00364. The summed E-state index contributed by atoms with van der Waals surface area (Å²) >= 11 is 0. The van der Waals surface area contributed by atoms with E-state index in [0.717, 1.165) is 0 Å². The summed E-state index contributed by atoms with van der Waals surface area (Å²) in [4.78, 5) is 14.1. The zero-order valence-corrected chi connectivity index (χ0v) is 10.1. The van der Waals surface area contributed by atoms with Crippen molar-refractivity contribution in [2.24, 2.45) is 5.73 Å². The summed E-state index contributed by atoms with van der Waals surface area (Å²) in [5.74, 6) is -0.442. The summed E-state index contributed by atoms with van der Waals surface area (Å²) in [6, 6.07) is 3.29. The van der Waals surface area contributed by atoms with Crippen LogP contribution in [0.15, 0.2) is 31.1 Å². The number of carbonyl (C=O) groups is 1. The van der Waals surface area contributed by atoms with Gasteiger partial charge in [-0.3, -0.25) is 16.4 Å². The van der Waals surface area contributed by atoms with E-state index in [2.05, 4.69) is 18.1 Å². The Bertz CT molecular complexity index is 226. The fourth-order valence-corrected chi connectivity index (χ4v) is 0.509. The number of pyridine rings is 1. The molecule has 0 aliphatic rings. The van der Waals surface area contributed by atoms with E-state index in [1.54, 1.807) is 18.3 Å². The van der Waals surface area contributed by atoms with E-state index in [1.807, 2.05) is 0 Å². The van der Waals surface area contributed by atoms with Crippen LogP contribution >= 0.6 is 0 Å². The largest absolute Gasteiger partial charge is 1.00 e. The second kappa shape index (κ2) is 9.09. The molecule has 0 aliphatic carbocycles. The Morgan fingerprint density at radius 2 is 2.17 bits per heavy atom. The SMILES string of the molecule is NC(=O)c1cccnc1.[CH-]=C.[K+]. The predicted octanol–water partition coefficient (Wildman–Crippen LogP) is -2.21. The van der Waals surface area contributed by atoms with E-state index in [1.165, 1.54) is 6.20 Å². The molecule has 0 bridgehead atoms. The quantitative estimate of drug-likeness (QED) is 0.401. The third-order valence-corrected chi connectivity index (χ3v) is 0.946. The van der Waals surface area contributed by atoms with Gasteiger partial charge in [-0.05, 0) is 12.1 Å². The number of primary amides is 1. The van der Waals surface area contributed by atoms with Gasteiger partial charge in [-0.15, -0.1) is 0 Å². The minimum absolute atomic E-state index is 0. The van der Waals surface area contributed by atoms with Gasteiger partial charge in [0.25, 0.3) is 0 Å². The molecule has 0 aliphatic heterocycles. The number of hydrogen-bond acceptors (Lipinski definition) is 2. The van der Waals surface area contributed by atoms with Gasteiger partial charge in [-0.2, -0.15) is 0 Å². The maximum absolute atomic E-state index is 10.4. The fraction of sp³-hybridized carbons (Fsp3) is 0. The molecule has 1 aromatic heterocycles. The molecule has 0 saturated heterocycles. The topological polar surface area (TPSA) is 56.0 Å². The number of nitrogens with two attached hydrogens (primary N) is 1. The van der Waals surface area contributed by atoms with Gasteiger partial charge < -0.3 is 12.3 Å². The van der Waals surface area contributed by atoms with Gasteiger partial charge in [0.2, 0.25) is 5.91 Å². The monoisotopic (exact) mass is 188 g/mol. The van der Waals surface area contributed by atoms with Crippen molar-refractivity contribution in [1.29, 1.82) is 0 Å². The van der Waals surface area contributed by atoms with Crippen LogP contribution in [0.4, 0.5) is 0 Å². The van der Waals surface area contributed by atoms with Crippen molar-refractivity contribution in [2.75, 3.05) is 0 Å². The normalized spacial score (nSPS) is 7.00. The molecule has 58 valence electrons. The zero-order valence-electron chi connectivity index (χ0n) is 7.03. The fourth-order valence-electron chi connectivity index (χ4n) is 0.509. The molecule has 0 saturated carbocycles. The number of hydrogen-bond donors (Lipinski definition) is 1. The van der Waals surface area contributed by atoms with Crippen molar-refractivity contribution in [3.05, 3.63) is 43.2 Å². The smallest absolute Gasteiger partial charge is 0.521 e. The molecule has 1 rings (SSSR count). The minimum Gasteiger partial charge on any atom is -0.521 e. The first-order valence-corrected chi connectivity index (χ1v) is 2.91. The third kappa shape index (κ3) is 5.62. The van der Waals surface area contributed by atoms with Gasteiger partial charge >= 0.3 is 51.4 Å². The van der Waals surface area contributed by atoms with E-state index < -0.39 is 5.91 Å². The van der Waals surface area contributed by atoms with Gasteiger partial charge in [0.05, 0.1) is 5.56 Å². The molecule has 0 aromatic carbocycles. The van der Waals surface area contributed by atoms with E-state index in [0.29, 0.717) is 5.56 Å². The first-order valence-electron chi connectivity index (χ1n) is 2.91. The van der Waals surface area contributed by atoms with Gasteiger partial charge in [0.15, 0.2) is 0 Å². The molecule has 0 radical (unpaired) electrons. The number of amides is 1. The van der Waals surface area contributed by atoms with Crippen molar-refractivity contribution >= 4 is 5.91 Å². The Morgan fingerprint density at radius 1 is 1.58 bits per heavy atom. The van der Waals surface area contributed by atoms with E-state index in [9.17, 15) is 4.79 Å². The number of carbonyl (C=O) groups excluding carboxylic acids is 1. The number of rotatable bonds is 1. The first-order chi connectivity index (χ1) is 5.30. The Labute approximate surface area is 114 Å². The minimum atomic E-state index is -0.442. The van der Waals surface area contributed by atoms with E-state index in [4.69, 9.17) is 5.73 Å². The van der Waals surface area contributed by atoms with Crippen LogP contribution in [0.2, 0.25) is 0 Å². The van der Waals surface area contributed by atoms with Gasteiger partial charge in [0, 0.05) is 12.4 Å². The van der Waals surface area contributed by atoms with Crippen molar-refractivity contribution in [1.82, 2.24) is 4.98 Å². The van der Waals surface area contributed by atoms with Crippen LogP contribution in [0.5, 0.6) is 0 Å². The van der Waals surface area contributed by atoms with Crippen LogP contribution in [0, 0.1) is 6.58 Å². The Morgan fingerprint density at radius 3 is 2.42 bits per heavy atom. The van der Waals surface area contributed by atoms with Crippen LogP contribution in [0.3, 0.4) is 0 Å². The molecule has 4 heteroatoms. The molecule has 0 spiro atoms. The van der Waals surface area contributed by atoms with Gasteiger partial charge in [-0.25, -0.2) is 0 Å². The van der Waals surface area contributed by atoms with Crippen LogP contribution in [0.1, 0.15) is 10.4 Å². The summed E-state index contributed by atoms with van der Waals surface area (Å²) in [6.45, 7) is 7.00. The van der Waals surface area contributed by atoms with Crippen LogP contribution in [0.25, 0.3) is 0 Å². The van der Waals surface area contributed by atoms with E-state index in [-0.39, 0.29) is 51.4 Å². The molecule has 3 nitrogen and oxygen atoms in total. The molecule has 12 heavy (non-hydrogen) atoms. The zero-order chi connectivity index (χ0) is 8.69. The molecule has 1 amide bonds. The second-order valence-corrected chi connectivity index (χ2v) is 1.61. The van der Waals surface area contributed by atoms with E-state index >= 15 is 0 Å². The maximum Gasteiger partial charge on any atom is 1.00 e. The summed E-state index contributed by atoms with van der Waals surface area (Å²) in [5, 5.41) is 0. The molecular formula is C8H9KN2O. The van der Waals surface area contributed by atoms with Crippen LogP contribution in [-0.4, -0.2) is 10.9 Å². The summed E-state index contributed by atoms with van der Waals surface area (Å²) < 4.78 is 0. The molecule has 2 N–H and O–H groups in total. The van der Waals surface area contributed by atoms with Crippen LogP contribution in [-0.2, 0) is 0 Å². The molecule has 1 heterocycles. The summed E-state index contributed by atoms with van der Waals surface area (Å²) in [5.41, 5.74) is 5.38. The average molecular weight is 188 g/mol. The van der Waals surface area contributed by atoms with Crippen molar-refractivity contribution in [3.8, 4) is 0 Å². The average Bonchev–Trinajstić information content (AvgIpc) is 2.10. The number of aromatic nitrogens is 1. The number of nitrogens with zero attached hydrogens (tertiary/aromatic N) is 1. The Balaban J connectivity index is 0. The molecule has 0 atom stereocenters. The van der Waals surface area contributed by atoms with Gasteiger partial charge in [0.1, 0.15) is 0 Å². The van der Waals surface area contributed by atoms with Crippen LogP contribution < -0.4 is 57.1 Å². The molecular weight excluding hydrogens is 179 g/mol. The summed E-state index contributed by atoms with van der Waals surface area (Å²) in [7, 11) is 0. The predicted molar refractivity (Wildman–Crippen MR) is 42.7 cm³/mol. The maximum atomic E-state index is 10.4.